The molecule has 1 rings (SSSR count). The third kappa shape index (κ3) is 3.52. The van der Waals surface area contributed by atoms with E-state index in [0.717, 1.165) is 0 Å². The molecule has 0 atom stereocenters. The van der Waals surface area contributed by atoms with E-state index in [1.807, 2.05) is 0 Å². The van der Waals surface area contributed by atoms with Gasteiger partial charge in [0.25, 0.3) is 0 Å². The SMILES string of the molecule is [CH2]/C(=C/C)C(=O)OCC1CCCCC1. The van der Waals surface area contributed by atoms with Gasteiger partial charge in [0.15, 0.2) is 0 Å². The first kappa shape index (κ1) is 11.3. The largest absolute Gasteiger partial charge is 0.462 e. The van der Waals surface area contributed by atoms with E-state index in [2.05, 4.69) is 6.92 Å². The quantitative estimate of drug-likeness (QED) is 0.511. The van der Waals surface area contributed by atoms with Crippen molar-refractivity contribution < 1.29 is 9.53 Å². The summed E-state index contributed by atoms with van der Waals surface area (Å²) in [6.07, 6.45) is 7.99. The first-order chi connectivity index (χ1) is 6.74. The number of ether oxygens (including phenoxy) is 1. The molecule has 0 saturated heterocycles. The zero-order valence-corrected chi connectivity index (χ0v) is 8.92. The van der Waals surface area contributed by atoms with Crippen molar-refractivity contribution in [3.05, 3.63) is 18.6 Å². The van der Waals surface area contributed by atoms with Crippen LogP contribution in [0, 0.1) is 12.8 Å². The maximum absolute atomic E-state index is 11.3. The summed E-state index contributed by atoms with van der Waals surface area (Å²) >= 11 is 0. The summed E-state index contributed by atoms with van der Waals surface area (Å²) in [5.74, 6) is 0.315. The van der Waals surface area contributed by atoms with Crippen molar-refractivity contribution in [2.45, 2.75) is 39.0 Å². The van der Waals surface area contributed by atoms with Crippen molar-refractivity contribution in [3.63, 3.8) is 0 Å². The first-order valence-electron chi connectivity index (χ1n) is 5.39. The molecule has 1 aliphatic carbocycles. The average molecular weight is 195 g/mol. The molecule has 2 heteroatoms. The second-order valence-electron chi connectivity index (χ2n) is 3.92. The highest BCUT2D eigenvalue weighted by molar-refractivity contribution is 5.89. The van der Waals surface area contributed by atoms with Gasteiger partial charge in [0.2, 0.25) is 0 Å². The fraction of sp³-hybridized carbons (Fsp3) is 0.667. The van der Waals surface area contributed by atoms with E-state index in [-0.39, 0.29) is 5.97 Å². The van der Waals surface area contributed by atoms with Crippen LogP contribution >= 0.6 is 0 Å². The number of hydrogen-bond donors (Lipinski definition) is 0. The predicted octanol–water partition coefficient (Wildman–Crippen LogP) is 2.89. The van der Waals surface area contributed by atoms with Crippen molar-refractivity contribution >= 4 is 5.97 Å². The topological polar surface area (TPSA) is 26.3 Å². The fourth-order valence-corrected chi connectivity index (χ4v) is 1.76. The molecule has 0 amide bonds. The molecule has 1 radical (unpaired) electrons. The number of carbonyl (C=O) groups is 1. The van der Waals surface area contributed by atoms with E-state index in [1.165, 1.54) is 32.1 Å². The average Bonchev–Trinajstić information content (AvgIpc) is 2.26. The smallest absolute Gasteiger partial charge is 0.333 e. The Kier molecular flexibility index (Phi) is 4.71. The van der Waals surface area contributed by atoms with Gasteiger partial charge in [-0.25, -0.2) is 4.79 Å². The maximum atomic E-state index is 11.3. The first-order valence-corrected chi connectivity index (χ1v) is 5.39. The van der Waals surface area contributed by atoms with E-state index in [1.54, 1.807) is 13.0 Å². The lowest BCUT2D eigenvalue weighted by atomic mass is 9.90. The molecular weight excluding hydrogens is 176 g/mol. The van der Waals surface area contributed by atoms with Gasteiger partial charge in [0.05, 0.1) is 6.61 Å². The van der Waals surface area contributed by atoms with Crippen LogP contribution in [0.4, 0.5) is 0 Å². The molecule has 79 valence electrons. The zero-order chi connectivity index (χ0) is 10.4. The highest BCUT2D eigenvalue weighted by Crippen LogP contribution is 2.23. The van der Waals surface area contributed by atoms with Crippen molar-refractivity contribution in [2.24, 2.45) is 5.92 Å². The molecule has 0 spiro atoms. The predicted molar refractivity (Wildman–Crippen MR) is 56.6 cm³/mol. The molecule has 0 heterocycles. The molecule has 1 saturated carbocycles. The highest BCUT2D eigenvalue weighted by Gasteiger charge is 2.15. The molecule has 14 heavy (non-hydrogen) atoms. The minimum Gasteiger partial charge on any atom is -0.462 e. The monoisotopic (exact) mass is 195 g/mol. The Hall–Kier alpha value is -0.790. The van der Waals surface area contributed by atoms with Crippen LogP contribution in [0.2, 0.25) is 0 Å². The molecule has 0 aromatic carbocycles. The molecular formula is C12H19O2. The van der Waals surface area contributed by atoms with Gasteiger partial charge in [-0.15, -0.1) is 0 Å². The summed E-state index contributed by atoms with van der Waals surface area (Å²) in [5, 5.41) is 0. The van der Waals surface area contributed by atoms with E-state index in [9.17, 15) is 4.79 Å². The molecule has 0 bridgehead atoms. The second kappa shape index (κ2) is 5.84. The van der Waals surface area contributed by atoms with Gasteiger partial charge in [-0.1, -0.05) is 25.3 Å². The van der Waals surface area contributed by atoms with Gasteiger partial charge < -0.3 is 4.74 Å². The molecule has 1 aliphatic rings. The fourth-order valence-electron chi connectivity index (χ4n) is 1.76. The molecule has 0 aromatic heterocycles. The minimum atomic E-state index is -0.266. The lowest BCUT2D eigenvalue weighted by Crippen LogP contribution is -2.17. The second-order valence-corrected chi connectivity index (χ2v) is 3.92. The number of rotatable bonds is 3. The minimum absolute atomic E-state index is 0.266. The van der Waals surface area contributed by atoms with Crippen molar-refractivity contribution in [1.82, 2.24) is 0 Å². The van der Waals surface area contributed by atoms with Gasteiger partial charge >= 0.3 is 5.97 Å². The van der Waals surface area contributed by atoms with Crippen molar-refractivity contribution in [3.8, 4) is 0 Å². The van der Waals surface area contributed by atoms with Crippen LogP contribution in [-0.2, 0) is 9.53 Å². The summed E-state index contributed by atoms with van der Waals surface area (Å²) in [5.41, 5.74) is 0.459. The molecule has 0 N–H and O–H groups in total. The Labute approximate surface area is 86.3 Å². The van der Waals surface area contributed by atoms with Crippen LogP contribution in [-0.4, -0.2) is 12.6 Å². The number of esters is 1. The Bertz CT molecular complexity index is 212. The van der Waals surface area contributed by atoms with E-state index in [0.29, 0.717) is 18.1 Å². The van der Waals surface area contributed by atoms with Gasteiger partial charge in [0, 0.05) is 5.57 Å². The summed E-state index contributed by atoms with van der Waals surface area (Å²) in [6.45, 7) is 5.98. The summed E-state index contributed by atoms with van der Waals surface area (Å²) in [6, 6.07) is 0. The van der Waals surface area contributed by atoms with E-state index in [4.69, 9.17) is 4.74 Å². The standard InChI is InChI=1S/C12H19O2/c1-3-10(2)12(13)14-9-11-7-5-4-6-8-11/h3,11H,2,4-9H2,1H3/b10-3-. The van der Waals surface area contributed by atoms with Crippen molar-refractivity contribution in [1.29, 1.82) is 0 Å². The Balaban J connectivity index is 2.22. The third-order valence-corrected chi connectivity index (χ3v) is 2.79. The van der Waals surface area contributed by atoms with E-state index >= 15 is 0 Å². The number of hydrogen-bond acceptors (Lipinski definition) is 2. The van der Waals surface area contributed by atoms with Gasteiger partial charge in [0.1, 0.15) is 0 Å². The normalized spacial score (nSPS) is 19.4. The van der Waals surface area contributed by atoms with Crippen molar-refractivity contribution in [2.75, 3.05) is 6.61 Å². The van der Waals surface area contributed by atoms with Gasteiger partial charge in [-0.05, 0) is 32.6 Å². The Morgan fingerprint density at radius 1 is 1.43 bits per heavy atom. The zero-order valence-electron chi connectivity index (χ0n) is 8.92. The molecule has 0 aromatic rings. The third-order valence-electron chi connectivity index (χ3n) is 2.79. The maximum Gasteiger partial charge on any atom is 0.333 e. The Morgan fingerprint density at radius 3 is 2.64 bits per heavy atom. The Morgan fingerprint density at radius 2 is 2.07 bits per heavy atom. The number of allylic oxidation sites excluding steroid dienone is 1. The van der Waals surface area contributed by atoms with Crippen LogP contribution in [0.15, 0.2) is 11.6 Å². The van der Waals surface area contributed by atoms with Crippen LogP contribution in [0.5, 0.6) is 0 Å². The molecule has 0 unspecified atom stereocenters. The molecule has 0 aliphatic heterocycles. The number of carbonyl (C=O) groups excluding carboxylic acids is 1. The summed E-state index contributed by atoms with van der Waals surface area (Å²) in [4.78, 5) is 11.3. The van der Waals surface area contributed by atoms with Crippen LogP contribution in [0.3, 0.4) is 0 Å². The van der Waals surface area contributed by atoms with Crippen LogP contribution < -0.4 is 0 Å². The molecule has 1 fully saturated rings. The highest BCUT2D eigenvalue weighted by atomic mass is 16.5. The van der Waals surface area contributed by atoms with Crippen LogP contribution in [0.1, 0.15) is 39.0 Å². The van der Waals surface area contributed by atoms with Gasteiger partial charge in [-0.2, -0.15) is 0 Å². The summed E-state index contributed by atoms with van der Waals surface area (Å²) < 4.78 is 5.16. The lowest BCUT2D eigenvalue weighted by Gasteiger charge is -2.21. The van der Waals surface area contributed by atoms with Gasteiger partial charge in [-0.3, -0.25) is 0 Å². The van der Waals surface area contributed by atoms with E-state index < -0.39 is 0 Å². The molecule has 2 nitrogen and oxygen atoms in total. The summed E-state index contributed by atoms with van der Waals surface area (Å²) in [7, 11) is 0. The van der Waals surface area contributed by atoms with Crippen LogP contribution in [0.25, 0.3) is 0 Å². The lowest BCUT2D eigenvalue weighted by molar-refractivity contribution is -0.140.